The van der Waals surface area contributed by atoms with Crippen LogP contribution in [0.4, 0.5) is 18.9 Å². The van der Waals surface area contributed by atoms with Gasteiger partial charge in [-0.3, -0.25) is 14.9 Å². The largest absolute Gasteiger partial charge is 0.466 e. The molecule has 0 amide bonds. The molecule has 10 heteroatoms. The highest BCUT2D eigenvalue weighted by molar-refractivity contribution is 7.99. The van der Waals surface area contributed by atoms with Gasteiger partial charge in [0.05, 0.1) is 23.5 Å². The molecule has 0 heterocycles. The molecule has 0 spiro atoms. The summed E-state index contributed by atoms with van der Waals surface area (Å²) in [5.74, 6) is -0.195. The molecule has 0 aliphatic rings. The van der Waals surface area contributed by atoms with E-state index in [4.69, 9.17) is 9.47 Å². The molecule has 0 aliphatic carbocycles. The van der Waals surface area contributed by atoms with Crippen LogP contribution in [0.25, 0.3) is 0 Å². The molecule has 2 rings (SSSR count). The highest BCUT2D eigenvalue weighted by Crippen LogP contribution is 2.36. The number of halogens is 3. The lowest BCUT2D eigenvalue weighted by Crippen LogP contribution is -2.10. The van der Waals surface area contributed by atoms with Gasteiger partial charge in [-0.2, -0.15) is 24.9 Å². The molecular formula is C21H22F3NO5S. The molecule has 0 saturated carbocycles. The van der Waals surface area contributed by atoms with E-state index < -0.39 is 22.6 Å². The fraction of sp³-hybridized carbons (Fsp3) is 0.381. The normalized spacial score (nSPS) is 11.5. The highest BCUT2D eigenvalue weighted by Gasteiger charge is 2.32. The number of ether oxygens (including phenoxy) is 2. The predicted octanol–water partition coefficient (Wildman–Crippen LogP) is 6.15. The maximum atomic E-state index is 13.4. The van der Waals surface area contributed by atoms with Gasteiger partial charge in [-0.15, -0.1) is 0 Å². The third-order valence-corrected chi connectivity index (χ3v) is 5.15. The smallest absolute Gasteiger partial charge is 0.416 e. The number of non-ortho nitro benzene ring substituents is 1. The number of hydrogen-bond acceptors (Lipinski definition) is 6. The number of nitro groups is 1. The number of nitro benzene ring substituents is 1. The van der Waals surface area contributed by atoms with E-state index in [0.29, 0.717) is 11.3 Å². The SMILES string of the molecule is CCOC(=O)Cc1cc(Oc2ccc([N+](=O)[O-])cc2CSC(C)C)cc(C(F)(F)F)c1. The van der Waals surface area contributed by atoms with E-state index in [9.17, 15) is 28.1 Å². The Balaban J connectivity index is 2.43. The third kappa shape index (κ3) is 7.46. The van der Waals surface area contributed by atoms with Crippen molar-refractivity contribution < 1.29 is 32.4 Å². The summed E-state index contributed by atoms with van der Waals surface area (Å²) in [4.78, 5) is 22.3. The standard InChI is InChI=1S/C21H22F3NO5S/c1-4-29-20(26)9-14-7-16(21(22,23)24)11-18(8-14)30-19-6-5-17(25(27)28)10-15(19)12-31-13(2)3/h5-8,10-11,13H,4,9,12H2,1-3H3. The molecule has 0 aliphatic heterocycles. The van der Waals surface area contributed by atoms with Crippen molar-refractivity contribution in [1.82, 2.24) is 0 Å². The Labute approximate surface area is 181 Å². The monoisotopic (exact) mass is 457 g/mol. The number of carbonyl (C=O) groups excluding carboxylic acids is 1. The summed E-state index contributed by atoms with van der Waals surface area (Å²) in [6.07, 6.45) is -4.99. The van der Waals surface area contributed by atoms with Gasteiger partial charge in [-0.25, -0.2) is 0 Å². The Morgan fingerprint density at radius 1 is 1.19 bits per heavy atom. The van der Waals surface area contributed by atoms with Crippen LogP contribution < -0.4 is 4.74 Å². The molecule has 0 aromatic heterocycles. The molecule has 0 fully saturated rings. The van der Waals surface area contributed by atoms with Gasteiger partial charge in [0.25, 0.3) is 5.69 Å². The molecule has 0 saturated heterocycles. The van der Waals surface area contributed by atoms with Crippen molar-refractivity contribution in [3.63, 3.8) is 0 Å². The number of nitrogens with zero attached hydrogens (tertiary/aromatic N) is 1. The Hall–Kier alpha value is -2.75. The zero-order valence-corrected chi connectivity index (χ0v) is 18.0. The number of alkyl halides is 3. The first-order chi connectivity index (χ1) is 14.5. The van der Waals surface area contributed by atoms with Crippen LogP contribution in [0.3, 0.4) is 0 Å². The fourth-order valence-corrected chi connectivity index (χ4v) is 3.38. The lowest BCUT2D eigenvalue weighted by molar-refractivity contribution is -0.384. The second kappa shape index (κ2) is 10.5. The molecule has 0 unspecified atom stereocenters. The lowest BCUT2D eigenvalue weighted by atomic mass is 10.1. The van der Waals surface area contributed by atoms with Crippen LogP contribution in [-0.4, -0.2) is 22.7 Å². The molecule has 6 nitrogen and oxygen atoms in total. The van der Waals surface area contributed by atoms with Gasteiger partial charge in [0, 0.05) is 23.4 Å². The quantitative estimate of drug-likeness (QED) is 0.255. The average Bonchev–Trinajstić information content (AvgIpc) is 2.66. The topological polar surface area (TPSA) is 78.7 Å². The molecule has 0 bridgehead atoms. The van der Waals surface area contributed by atoms with E-state index >= 15 is 0 Å². The van der Waals surface area contributed by atoms with Crippen LogP contribution in [0.2, 0.25) is 0 Å². The average molecular weight is 457 g/mol. The first-order valence-electron chi connectivity index (χ1n) is 9.43. The number of carbonyl (C=O) groups is 1. The number of benzene rings is 2. The fourth-order valence-electron chi connectivity index (χ4n) is 2.64. The Morgan fingerprint density at radius 3 is 2.48 bits per heavy atom. The molecular weight excluding hydrogens is 435 g/mol. The van der Waals surface area contributed by atoms with Crippen molar-refractivity contribution in [2.75, 3.05) is 6.61 Å². The molecule has 168 valence electrons. The van der Waals surface area contributed by atoms with Crippen LogP contribution in [-0.2, 0) is 27.9 Å². The minimum absolute atomic E-state index is 0.0864. The third-order valence-electron chi connectivity index (χ3n) is 4.00. The highest BCUT2D eigenvalue weighted by atomic mass is 32.2. The second-order valence-corrected chi connectivity index (χ2v) is 8.42. The minimum Gasteiger partial charge on any atom is -0.466 e. The van der Waals surface area contributed by atoms with Crippen molar-refractivity contribution in [2.45, 2.75) is 44.4 Å². The number of thioether (sulfide) groups is 1. The van der Waals surface area contributed by atoms with Gasteiger partial charge in [-0.1, -0.05) is 13.8 Å². The maximum absolute atomic E-state index is 13.4. The lowest BCUT2D eigenvalue weighted by Gasteiger charge is -2.15. The van der Waals surface area contributed by atoms with Crippen molar-refractivity contribution in [2.24, 2.45) is 0 Å². The van der Waals surface area contributed by atoms with Crippen LogP contribution >= 0.6 is 11.8 Å². The molecule has 31 heavy (non-hydrogen) atoms. The van der Waals surface area contributed by atoms with Gasteiger partial charge < -0.3 is 9.47 Å². The molecule has 0 atom stereocenters. The van der Waals surface area contributed by atoms with Crippen LogP contribution in [0, 0.1) is 10.1 Å². The zero-order valence-electron chi connectivity index (χ0n) is 17.2. The van der Waals surface area contributed by atoms with Gasteiger partial charge in [0.2, 0.25) is 0 Å². The van der Waals surface area contributed by atoms with E-state index in [1.807, 2.05) is 13.8 Å². The summed E-state index contributed by atoms with van der Waals surface area (Å²) in [5, 5.41) is 11.3. The van der Waals surface area contributed by atoms with Gasteiger partial charge in [0.1, 0.15) is 11.5 Å². The van der Waals surface area contributed by atoms with Crippen molar-refractivity contribution in [3.8, 4) is 11.5 Å². The Bertz CT molecular complexity index is 947. The first-order valence-corrected chi connectivity index (χ1v) is 10.5. The van der Waals surface area contributed by atoms with Crippen LogP contribution in [0.5, 0.6) is 11.5 Å². The predicted molar refractivity (Wildman–Crippen MR) is 111 cm³/mol. The van der Waals surface area contributed by atoms with Crippen molar-refractivity contribution >= 4 is 23.4 Å². The van der Waals surface area contributed by atoms with E-state index in [0.717, 1.165) is 12.1 Å². The molecule has 0 radical (unpaired) electrons. The molecule has 2 aromatic carbocycles. The van der Waals surface area contributed by atoms with Crippen molar-refractivity contribution in [3.05, 3.63) is 63.2 Å². The van der Waals surface area contributed by atoms with Crippen molar-refractivity contribution in [1.29, 1.82) is 0 Å². The summed E-state index contributed by atoms with van der Waals surface area (Å²) >= 11 is 1.51. The van der Waals surface area contributed by atoms with Crippen LogP contribution in [0.1, 0.15) is 37.5 Å². The van der Waals surface area contributed by atoms with E-state index in [1.165, 1.54) is 36.0 Å². The van der Waals surface area contributed by atoms with Gasteiger partial charge >= 0.3 is 12.1 Å². The summed E-state index contributed by atoms with van der Waals surface area (Å²) in [6, 6.07) is 6.96. The zero-order chi connectivity index (χ0) is 23.2. The second-order valence-electron chi connectivity index (χ2n) is 6.86. The Morgan fingerprint density at radius 2 is 1.90 bits per heavy atom. The molecule has 0 N–H and O–H groups in total. The molecule has 2 aromatic rings. The van der Waals surface area contributed by atoms with E-state index in [-0.39, 0.29) is 41.0 Å². The summed E-state index contributed by atoms with van der Waals surface area (Å²) < 4.78 is 50.6. The summed E-state index contributed by atoms with van der Waals surface area (Å²) in [6.45, 7) is 5.62. The van der Waals surface area contributed by atoms with Gasteiger partial charge in [-0.05, 0) is 42.0 Å². The maximum Gasteiger partial charge on any atom is 0.416 e. The van der Waals surface area contributed by atoms with E-state index in [2.05, 4.69) is 0 Å². The van der Waals surface area contributed by atoms with E-state index in [1.54, 1.807) is 6.92 Å². The van der Waals surface area contributed by atoms with Crippen LogP contribution in [0.15, 0.2) is 36.4 Å². The summed E-state index contributed by atoms with van der Waals surface area (Å²) in [5.41, 5.74) is -0.538. The number of hydrogen-bond donors (Lipinski definition) is 0. The Kier molecular flexibility index (Phi) is 8.32. The number of rotatable bonds is 9. The first kappa shape index (κ1) is 24.5. The minimum atomic E-state index is -4.64. The van der Waals surface area contributed by atoms with Gasteiger partial charge in [0.15, 0.2) is 0 Å². The summed E-state index contributed by atoms with van der Waals surface area (Å²) in [7, 11) is 0. The number of esters is 1.